The van der Waals surface area contributed by atoms with E-state index < -0.39 is 0 Å². The normalized spacial score (nSPS) is 10.6. The van der Waals surface area contributed by atoms with Gasteiger partial charge in [0.25, 0.3) is 0 Å². The first kappa shape index (κ1) is 24.6. The summed E-state index contributed by atoms with van der Waals surface area (Å²) in [7, 11) is 1.69. The van der Waals surface area contributed by atoms with Gasteiger partial charge in [-0.05, 0) is 6.42 Å². The van der Waals surface area contributed by atoms with Gasteiger partial charge in [-0.15, -0.1) is 0 Å². The lowest BCUT2D eigenvalue weighted by Gasteiger charge is -2.18. The minimum Gasteiger partial charge on any atom is -0.340 e. The van der Waals surface area contributed by atoms with Crippen LogP contribution >= 0.6 is 12.2 Å². The highest BCUT2D eigenvalue weighted by Gasteiger charge is 2.12. The molecule has 0 amide bonds. The van der Waals surface area contributed by atoms with Crippen LogP contribution in [0.5, 0.6) is 0 Å². The second kappa shape index (κ2) is 16.5. The SMILES string of the molecule is CCCCCCCCCCCCCCCC(=O)ON(C)C(=S)c1ccccc1. The van der Waals surface area contributed by atoms with Gasteiger partial charge < -0.3 is 4.84 Å². The van der Waals surface area contributed by atoms with Gasteiger partial charge in [0.15, 0.2) is 0 Å². The summed E-state index contributed by atoms with van der Waals surface area (Å²) in [5.74, 6) is -0.205. The van der Waals surface area contributed by atoms with E-state index in [1.165, 1.54) is 75.7 Å². The Bertz CT molecular complexity index is 533. The molecule has 0 aliphatic carbocycles. The summed E-state index contributed by atoms with van der Waals surface area (Å²) in [6.07, 6.45) is 17.3. The van der Waals surface area contributed by atoms with E-state index in [0.717, 1.165) is 18.4 Å². The fourth-order valence-corrected chi connectivity index (χ4v) is 3.46. The van der Waals surface area contributed by atoms with Crippen LogP contribution in [-0.2, 0) is 9.63 Å². The van der Waals surface area contributed by atoms with Crippen LogP contribution in [0.3, 0.4) is 0 Å². The van der Waals surface area contributed by atoms with Gasteiger partial charge in [-0.3, -0.25) is 0 Å². The van der Waals surface area contributed by atoms with Crippen LogP contribution in [0.15, 0.2) is 30.3 Å². The summed E-state index contributed by atoms with van der Waals surface area (Å²) in [6, 6.07) is 9.61. The van der Waals surface area contributed by atoms with Crippen molar-refractivity contribution in [3.05, 3.63) is 35.9 Å². The summed E-state index contributed by atoms with van der Waals surface area (Å²) in [5, 5.41) is 1.40. The Morgan fingerprint density at radius 3 is 1.79 bits per heavy atom. The predicted molar refractivity (Wildman–Crippen MR) is 122 cm³/mol. The second-order valence-electron chi connectivity index (χ2n) is 7.62. The monoisotopic (exact) mass is 405 g/mol. The Hall–Kier alpha value is -1.42. The maximum atomic E-state index is 12.0. The molecule has 0 aliphatic rings. The minimum atomic E-state index is -0.205. The number of hydrogen-bond acceptors (Lipinski definition) is 3. The van der Waals surface area contributed by atoms with E-state index in [4.69, 9.17) is 17.1 Å². The molecule has 0 unspecified atom stereocenters. The molecule has 1 aromatic rings. The van der Waals surface area contributed by atoms with Gasteiger partial charge in [-0.2, -0.15) is 5.06 Å². The van der Waals surface area contributed by atoms with E-state index >= 15 is 0 Å². The summed E-state index contributed by atoms with van der Waals surface area (Å²) in [5.41, 5.74) is 0.883. The first-order valence-electron chi connectivity index (χ1n) is 11.2. The maximum absolute atomic E-state index is 12.0. The van der Waals surface area contributed by atoms with Gasteiger partial charge >= 0.3 is 5.97 Å². The molecule has 0 spiro atoms. The van der Waals surface area contributed by atoms with E-state index in [9.17, 15) is 4.79 Å². The lowest BCUT2D eigenvalue weighted by Crippen LogP contribution is -2.29. The van der Waals surface area contributed by atoms with E-state index in [1.54, 1.807) is 7.05 Å². The van der Waals surface area contributed by atoms with Crippen LogP contribution in [0.4, 0.5) is 0 Å². The molecule has 4 heteroatoms. The van der Waals surface area contributed by atoms with Gasteiger partial charge in [0, 0.05) is 19.0 Å². The van der Waals surface area contributed by atoms with Crippen molar-refractivity contribution in [1.82, 2.24) is 5.06 Å². The predicted octanol–water partition coefficient (Wildman–Crippen LogP) is 7.23. The van der Waals surface area contributed by atoms with Gasteiger partial charge in [-0.1, -0.05) is 127 Å². The van der Waals surface area contributed by atoms with Crippen molar-refractivity contribution in [3.63, 3.8) is 0 Å². The fourth-order valence-electron chi connectivity index (χ4n) is 3.29. The van der Waals surface area contributed by atoms with Gasteiger partial charge in [0.1, 0.15) is 4.99 Å². The number of carbonyl (C=O) groups excluding carboxylic acids is 1. The smallest absolute Gasteiger partial charge is 0.332 e. The quantitative estimate of drug-likeness (QED) is 0.175. The molecule has 0 aromatic heterocycles. The molecule has 28 heavy (non-hydrogen) atoms. The number of rotatable bonds is 15. The molecule has 3 nitrogen and oxygen atoms in total. The van der Waals surface area contributed by atoms with Crippen LogP contribution in [0, 0.1) is 0 Å². The second-order valence-corrected chi connectivity index (χ2v) is 8.01. The number of hydroxylamine groups is 2. The van der Waals surface area contributed by atoms with Crippen molar-refractivity contribution < 1.29 is 9.63 Å². The Morgan fingerprint density at radius 1 is 0.821 bits per heavy atom. The highest BCUT2D eigenvalue weighted by Crippen LogP contribution is 2.13. The molecule has 158 valence electrons. The molecule has 0 saturated heterocycles. The number of thiocarbonyl (C=S) groups is 1. The molecular formula is C24H39NO2S. The van der Waals surface area contributed by atoms with Crippen molar-refractivity contribution in [2.75, 3.05) is 7.05 Å². The first-order chi connectivity index (χ1) is 13.6. The van der Waals surface area contributed by atoms with Gasteiger partial charge in [-0.25, -0.2) is 4.79 Å². The van der Waals surface area contributed by atoms with E-state index in [-0.39, 0.29) is 5.97 Å². The molecule has 0 heterocycles. The molecule has 0 bridgehead atoms. The van der Waals surface area contributed by atoms with Crippen LogP contribution in [0.2, 0.25) is 0 Å². The number of nitrogens with zero attached hydrogens (tertiary/aromatic N) is 1. The Morgan fingerprint density at radius 2 is 1.29 bits per heavy atom. The van der Waals surface area contributed by atoms with E-state index in [2.05, 4.69) is 6.92 Å². The molecular weight excluding hydrogens is 366 g/mol. The number of unbranched alkanes of at least 4 members (excludes halogenated alkanes) is 12. The molecule has 0 aliphatic heterocycles. The number of carbonyl (C=O) groups is 1. The molecule has 1 rings (SSSR count). The Balaban J connectivity index is 1.94. The lowest BCUT2D eigenvalue weighted by molar-refractivity contribution is -0.168. The topological polar surface area (TPSA) is 29.5 Å². The Kier molecular flexibility index (Phi) is 14.5. The van der Waals surface area contributed by atoms with Crippen molar-refractivity contribution in [3.8, 4) is 0 Å². The molecule has 1 aromatic carbocycles. The zero-order chi connectivity index (χ0) is 20.5. The van der Waals surface area contributed by atoms with Crippen molar-refractivity contribution in [2.24, 2.45) is 0 Å². The highest BCUT2D eigenvalue weighted by molar-refractivity contribution is 7.80. The Labute approximate surface area is 177 Å². The molecule has 0 fully saturated rings. The van der Waals surface area contributed by atoms with Crippen LogP contribution in [0.25, 0.3) is 0 Å². The van der Waals surface area contributed by atoms with Crippen LogP contribution < -0.4 is 0 Å². The van der Waals surface area contributed by atoms with Crippen LogP contribution in [-0.4, -0.2) is 23.1 Å². The first-order valence-corrected chi connectivity index (χ1v) is 11.6. The third-order valence-corrected chi connectivity index (χ3v) is 5.52. The third kappa shape index (κ3) is 12.1. The summed E-state index contributed by atoms with van der Waals surface area (Å²) in [6.45, 7) is 2.27. The average Bonchev–Trinajstić information content (AvgIpc) is 2.71. The molecule has 0 N–H and O–H groups in total. The van der Waals surface area contributed by atoms with Crippen LogP contribution in [0.1, 0.15) is 102 Å². The lowest BCUT2D eigenvalue weighted by atomic mass is 10.0. The van der Waals surface area contributed by atoms with E-state index in [0.29, 0.717) is 11.4 Å². The van der Waals surface area contributed by atoms with Crippen molar-refractivity contribution in [2.45, 2.75) is 96.8 Å². The van der Waals surface area contributed by atoms with Gasteiger partial charge in [0.05, 0.1) is 0 Å². The van der Waals surface area contributed by atoms with Gasteiger partial charge in [0.2, 0.25) is 0 Å². The van der Waals surface area contributed by atoms with E-state index in [1.807, 2.05) is 30.3 Å². The highest BCUT2D eigenvalue weighted by atomic mass is 32.1. The third-order valence-electron chi connectivity index (χ3n) is 5.03. The fraction of sp³-hybridized carbons (Fsp3) is 0.667. The van der Waals surface area contributed by atoms with Crippen molar-refractivity contribution in [1.29, 1.82) is 0 Å². The van der Waals surface area contributed by atoms with Crippen molar-refractivity contribution >= 4 is 23.2 Å². The number of hydrogen-bond donors (Lipinski definition) is 0. The average molecular weight is 406 g/mol. The zero-order valence-corrected chi connectivity index (χ0v) is 18.8. The molecule has 0 atom stereocenters. The number of benzene rings is 1. The summed E-state index contributed by atoms with van der Waals surface area (Å²) < 4.78 is 0. The standard InChI is InChI=1S/C24H39NO2S/c1-3-4-5-6-7-8-9-10-11-12-13-14-18-21-23(26)27-25(2)24(28)22-19-16-15-17-20-22/h15-17,19-20H,3-14,18,21H2,1-2H3. The molecule has 0 saturated carbocycles. The molecule has 0 radical (unpaired) electrons. The maximum Gasteiger partial charge on any atom is 0.332 e. The zero-order valence-electron chi connectivity index (χ0n) is 18.0. The minimum absolute atomic E-state index is 0.205. The summed E-state index contributed by atoms with van der Waals surface area (Å²) in [4.78, 5) is 17.8. The largest absolute Gasteiger partial charge is 0.340 e. The summed E-state index contributed by atoms with van der Waals surface area (Å²) >= 11 is 5.35.